The van der Waals surface area contributed by atoms with E-state index < -0.39 is 22.8 Å². The molecule has 0 fully saturated rings. The van der Waals surface area contributed by atoms with E-state index in [-0.39, 0.29) is 41.1 Å². The van der Waals surface area contributed by atoms with E-state index in [9.17, 15) is 0 Å². The van der Waals surface area contributed by atoms with Crippen molar-refractivity contribution >= 4 is 12.1 Å². The van der Waals surface area contributed by atoms with Crippen molar-refractivity contribution in [2.24, 2.45) is 10.8 Å². The van der Waals surface area contributed by atoms with Crippen LogP contribution in [0.2, 0.25) is 0 Å². The van der Waals surface area contributed by atoms with E-state index in [0.717, 1.165) is 25.7 Å². The van der Waals surface area contributed by atoms with Crippen molar-refractivity contribution in [3.8, 4) is 0 Å². The summed E-state index contributed by atoms with van der Waals surface area (Å²) in [6, 6.07) is 27.9. The minimum absolute atomic E-state index is 0. The van der Waals surface area contributed by atoms with Crippen molar-refractivity contribution in [1.29, 1.82) is 0 Å². The number of rotatable bonds is 10. The standard InChI is InChI=1S/C35H47.C13H10.2ClH.Zr/c1-10-15-25-20-28(33(4,5)6)21-26-22-30-29(31(25)26)23-27(16-11-2)35(19-12-3,34(7,8)9)32(30)24-17-13-14-18-24;1-3-7-12(8-4-1)11-13-9-5-2-6-10-13;;;/h13-14,17,20-21,23H,10-12,15-16,18-19H2,1-9H3;1-10H;2*1H;/q;;;;+2/p-2. The van der Waals surface area contributed by atoms with Gasteiger partial charge in [0.05, 0.1) is 0 Å². The van der Waals surface area contributed by atoms with Crippen LogP contribution in [0.25, 0.3) is 8.85 Å². The molecule has 3 aliphatic carbocycles. The largest absolute Gasteiger partial charge is 1.00 e. The van der Waals surface area contributed by atoms with Gasteiger partial charge in [0, 0.05) is 0 Å². The Balaban J connectivity index is 0.00000292. The number of fused-ring (bicyclic) bond motifs is 2. The SMILES string of the molecule is CCCC1=CC2=c3c(CCC)cc(C(C)(C)C)cc3=[C]([Zr+2]=[C](c3ccccc3)c3ccccc3)C2=C(C2=CC=CC2)C1(CCC)C(C)(C)C.[Cl-].[Cl-]. The number of aryl methyl sites for hydroxylation is 1. The summed E-state index contributed by atoms with van der Waals surface area (Å²) in [6.07, 6.45) is 17.9. The van der Waals surface area contributed by atoms with E-state index >= 15 is 0 Å². The van der Waals surface area contributed by atoms with Crippen LogP contribution in [0.1, 0.15) is 123 Å². The molecule has 0 aromatic heterocycles. The third-order valence-corrected chi connectivity index (χ3v) is 15.0. The maximum Gasteiger partial charge on any atom is -1.00 e. The zero-order valence-electron chi connectivity index (χ0n) is 32.4. The van der Waals surface area contributed by atoms with E-state index in [1.54, 1.807) is 44.8 Å². The predicted molar refractivity (Wildman–Crippen MR) is 210 cm³/mol. The fourth-order valence-corrected chi connectivity index (χ4v) is 12.8. The topological polar surface area (TPSA) is 0 Å². The molecule has 0 radical (unpaired) electrons. The van der Waals surface area contributed by atoms with E-state index in [0.29, 0.717) is 0 Å². The smallest absolute Gasteiger partial charge is 1.00 e. The summed E-state index contributed by atoms with van der Waals surface area (Å²) in [5, 5.41) is 3.10. The van der Waals surface area contributed by atoms with Gasteiger partial charge in [0.25, 0.3) is 0 Å². The van der Waals surface area contributed by atoms with Gasteiger partial charge in [0.15, 0.2) is 0 Å². The Bertz CT molecular complexity index is 1970. The Kier molecular flexibility index (Phi) is 13.6. The third-order valence-electron chi connectivity index (χ3n) is 11.1. The molecule has 0 amide bonds. The van der Waals surface area contributed by atoms with Gasteiger partial charge in [-0.05, 0) is 0 Å². The van der Waals surface area contributed by atoms with Crippen LogP contribution in [0.3, 0.4) is 0 Å². The Morgan fingerprint density at radius 2 is 1.37 bits per heavy atom. The Hall–Kier alpha value is -2.31. The number of allylic oxidation sites excluding steroid dienone is 8. The zero-order valence-corrected chi connectivity index (χ0v) is 36.4. The summed E-state index contributed by atoms with van der Waals surface area (Å²) in [5.74, 6) is 0. The normalized spacial score (nSPS) is 18.0. The molecule has 0 saturated heterocycles. The number of halogens is 2. The molecule has 6 rings (SSSR count). The molecule has 0 N–H and O–H groups in total. The van der Waals surface area contributed by atoms with Crippen LogP contribution >= 0.6 is 0 Å². The van der Waals surface area contributed by atoms with Crippen molar-refractivity contribution in [2.75, 3.05) is 0 Å². The van der Waals surface area contributed by atoms with Crippen molar-refractivity contribution < 1.29 is 47.6 Å². The zero-order chi connectivity index (χ0) is 35.0. The van der Waals surface area contributed by atoms with Crippen LogP contribution in [0.5, 0.6) is 0 Å². The maximum absolute atomic E-state index is 2.75. The fourth-order valence-electron chi connectivity index (χ4n) is 8.88. The molecule has 0 aliphatic heterocycles. The molecule has 0 heterocycles. The number of hydrogen-bond donors (Lipinski definition) is 0. The first kappa shape index (κ1) is 41.4. The van der Waals surface area contributed by atoms with Crippen molar-refractivity contribution in [3.63, 3.8) is 0 Å². The van der Waals surface area contributed by atoms with Crippen LogP contribution < -0.4 is 35.3 Å². The van der Waals surface area contributed by atoms with Gasteiger partial charge in [0.1, 0.15) is 0 Å². The average molecular weight is 796 g/mol. The van der Waals surface area contributed by atoms with E-state index in [1.165, 1.54) is 41.5 Å². The van der Waals surface area contributed by atoms with Crippen LogP contribution in [0.4, 0.5) is 0 Å². The molecule has 3 aromatic rings. The first-order valence-electron chi connectivity index (χ1n) is 19.0. The molecule has 0 spiro atoms. The summed E-state index contributed by atoms with van der Waals surface area (Å²) in [5.41, 5.74) is 14.0. The molecule has 3 aromatic carbocycles. The molecule has 1 atom stereocenters. The van der Waals surface area contributed by atoms with Gasteiger partial charge in [-0.25, -0.2) is 0 Å². The molecule has 267 valence electrons. The average Bonchev–Trinajstić information content (AvgIpc) is 3.71. The third kappa shape index (κ3) is 7.70. The Morgan fingerprint density at radius 1 is 0.765 bits per heavy atom. The summed E-state index contributed by atoms with van der Waals surface area (Å²) in [6.45, 7) is 22.0. The minimum Gasteiger partial charge on any atom is -1.00 e. The summed E-state index contributed by atoms with van der Waals surface area (Å²) in [4.78, 5) is 0. The first-order valence-corrected chi connectivity index (χ1v) is 21.4. The van der Waals surface area contributed by atoms with Gasteiger partial charge in [0.2, 0.25) is 0 Å². The second kappa shape index (κ2) is 16.8. The van der Waals surface area contributed by atoms with Crippen molar-refractivity contribution in [2.45, 2.75) is 113 Å². The molecule has 0 saturated carbocycles. The predicted octanol–water partition coefficient (Wildman–Crippen LogP) is 5.32. The maximum atomic E-state index is 2.75. The fraction of sp³-hybridized carbons (Fsp3) is 0.396. The Labute approximate surface area is 332 Å². The Morgan fingerprint density at radius 3 is 1.86 bits per heavy atom. The molecule has 1 unspecified atom stereocenters. The summed E-state index contributed by atoms with van der Waals surface area (Å²) in [7, 11) is 0. The second-order valence-electron chi connectivity index (χ2n) is 16.5. The molecule has 51 heavy (non-hydrogen) atoms. The van der Waals surface area contributed by atoms with E-state index in [1.807, 2.05) is 0 Å². The number of benzene rings is 3. The van der Waals surface area contributed by atoms with E-state index in [2.05, 4.69) is 159 Å². The summed E-state index contributed by atoms with van der Waals surface area (Å²) >= 11 is -1.39. The summed E-state index contributed by atoms with van der Waals surface area (Å²) < 4.78 is 3.27. The van der Waals surface area contributed by atoms with Crippen LogP contribution in [0.15, 0.2) is 119 Å². The monoisotopic (exact) mass is 793 g/mol. The molecular formula is C48H57Cl2Zr. The van der Waals surface area contributed by atoms with Crippen LogP contribution in [-0.4, -0.2) is 3.21 Å². The van der Waals surface area contributed by atoms with Crippen molar-refractivity contribution in [1.82, 2.24) is 0 Å². The molecule has 0 nitrogen and oxygen atoms in total. The quantitative estimate of drug-likeness (QED) is 0.261. The second-order valence-corrected chi connectivity index (χ2v) is 19.6. The first-order chi connectivity index (χ1) is 23.5. The van der Waals surface area contributed by atoms with Gasteiger partial charge >= 0.3 is 310 Å². The van der Waals surface area contributed by atoms with Crippen molar-refractivity contribution in [3.05, 3.63) is 152 Å². The van der Waals surface area contributed by atoms with Gasteiger partial charge in [-0.3, -0.25) is 0 Å². The van der Waals surface area contributed by atoms with Gasteiger partial charge in [-0.1, -0.05) is 0 Å². The molecule has 3 aliphatic rings. The van der Waals surface area contributed by atoms with Crippen LogP contribution in [0, 0.1) is 10.8 Å². The number of hydrogen-bond acceptors (Lipinski definition) is 0. The molecular weight excluding hydrogens is 739 g/mol. The van der Waals surface area contributed by atoms with Crippen LogP contribution in [-0.2, 0) is 34.6 Å². The van der Waals surface area contributed by atoms with Gasteiger partial charge in [-0.2, -0.15) is 0 Å². The minimum atomic E-state index is -1.39. The molecule has 0 bridgehead atoms. The van der Waals surface area contributed by atoms with E-state index in [4.69, 9.17) is 0 Å². The molecule has 3 heteroatoms. The van der Waals surface area contributed by atoms with Gasteiger partial charge < -0.3 is 24.8 Å². The van der Waals surface area contributed by atoms with Gasteiger partial charge in [-0.15, -0.1) is 0 Å².